The van der Waals surface area contributed by atoms with E-state index in [0.717, 1.165) is 38.4 Å². The third-order valence-electron chi connectivity index (χ3n) is 5.52. The SMILES string of the molecule is CCC(N)=NC(=NC(C)Nc1cc(C(=O)Nc2ccccc2)ccn1)N1CCN(CCC#N)CC1. The number of nitrogens with one attached hydrogen (secondary N) is 2. The number of amides is 1. The molecule has 10 heteroatoms. The van der Waals surface area contributed by atoms with E-state index in [1.165, 1.54) is 0 Å². The normalized spacial score (nSPS) is 15.9. The third-order valence-corrected chi connectivity index (χ3v) is 5.52. The van der Waals surface area contributed by atoms with E-state index in [9.17, 15) is 4.79 Å². The number of anilines is 2. The number of nitrogens with zero attached hydrogens (tertiary/aromatic N) is 6. The number of amidine groups is 1. The topological polar surface area (TPSA) is 135 Å². The van der Waals surface area contributed by atoms with Crippen molar-refractivity contribution in [2.75, 3.05) is 43.4 Å². The van der Waals surface area contributed by atoms with Gasteiger partial charge in [-0.2, -0.15) is 5.26 Å². The molecule has 1 amide bonds. The van der Waals surface area contributed by atoms with Crippen molar-refractivity contribution in [1.29, 1.82) is 5.26 Å². The van der Waals surface area contributed by atoms with E-state index in [0.29, 0.717) is 36.0 Å². The van der Waals surface area contributed by atoms with Gasteiger partial charge in [-0.1, -0.05) is 25.1 Å². The van der Waals surface area contributed by atoms with Gasteiger partial charge in [0.05, 0.1) is 6.07 Å². The molecule has 4 N–H and O–H groups in total. The van der Waals surface area contributed by atoms with Gasteiger partial charge >= 0.3 is 0 Å². The molecule has 1 fully saturated rings. The summed E-state index contributed by atoms with van der Waals surface area (Å²) in [7, 11) is 0. The molecule has 1 aromatic carbocycles. The van der Waals surface area contributed by atoms with E-state index in [1.807, 2.05) is 44.2 Å². The van der Waals surface area contributed by atoms with Crippen molar-refractivity contribution in [2.45, 2.75) is 32.9 Å². The fourth-order valence-electron chi connectivity index (χ4n) is 3.56. The van der Waals surface area contributed by atoms with Crippen LogP contribution in [0.3, 0.4) is 0 Å². The Hall–Kier alpha value is -3.97. The maximum Gasteiger partial charge on any atom is 0.255 e. The number of hydrogen-bond donors (Lipinski definition) is 3. The maximum atomic E-state index is 12.6. The lowest BCUT2D eigenvalue weighted by atomic mass is 10.2. The Morgan fingerprint density at radius 3 is 2.66 bits per heavy atom. The van der Waals surface area contributed by atoms with Crippen molar-refractivity contribution in [1.82, 2.24) is 14.8 Å². The van der Waals surface area contributed by atoms with Crippen molar-refractivity contribution in [3.8, 4) is 6.07 Å². The number of hydrogen-bond acceptors (Lipinski definition) is 6. The summed E-state index contributed by atoms with van der Waals surface area (Å²) in [5, 5.41) is 14.9. The first-order valence-corrected chi connectivity index (χ1v) is 11.8. The number of piperazine rings is 1. The van der Waals surface area contributed by atoms with Crippen LogP contribution in [-0.2, 0) is 0 Å². The molecule has 35 heavy (non-hydrogen) atoms. The molecule has 1 atom stereocenters. The minimum atomic E-state index is -0.352. The van der Waals surface area contributed by atoms with Crippen molar-refractivity contribution >= 4 is 29.2 Å². The van der Waals surface area contributed by atoms with Crippen LogP contribution in [0, 0.1) is 11.3 Å². The number of nitrogens with two attached hydrogens (primary N) is 1. The Morgan fingerprint density at radius 1 is 1.23 bits per heavy atom. The van der Waals surface area contributed by atoms with Gasteiger partial charge < -0.3 is 21.3 Å². The summed E-state index contributed by atoms with van der Waals surface area (Å²) >= 11 is 0. The number of carbonyl (C=O) groups excluding carboxylic acids is 1. The molecule has 0 bridgehead atoms. The molecule has 184 valence electrons. The average molecular weight is 476 g/mol. The van der Waals surface area contributed by atoms with E-state index < -0.39 is 0 Å². The standard InChI is InChI=1S/C25H33N9O/c1-3-22(27)32-25(34-16-14-33(15-17-34)13-7-11-26)30-19(2)29-23-18-20(10-12-28-23)24(35)31-21-8-5-4-6-9-21/h4-6,8-10,12,18-19H,3,7,13-17H2,1-2H3,(H,28,29)(H,31,35)(H2,27,30,32). The first-order chi connectivity index (χ1) is 17.0. The lowest BCUT2D eigenvalue weighted by Gasteiger charge is -2.35. The van der Waals surface area contributed by atoms with Gasteiger partial charge in [0.15, 0.2) is 0 Å². The first kappa shape index (κ1) is 25.6. The van der Waals surface area contributed by atoms with Crippen molar-refractivity contribution < 1.29 is 4.79 Å². The minimum Gasteiger partial charge on any atom is -0.387 e. The van der Waals surface area contributed by atoms with Crippen LogP contribution in [0.5, 0.6) is 0 Å². The first-order valence-electron chi connectivity index (χ1n) is 11.8. The van der Waals surface area contributed by atoms with Crippen LogP contribution in [0.2, 0.25) is 0 Å². The summed E-state index contributed by atoms with van der Waals surface area (Å²) in [6.45, 7) is 7.81. The Bertz CT molecular complexity index is 1070. The number of para-hydroxylation sites is 1. The molecule has 2 heterocycles. The number of benzene rings is 1. The third kappa shape index (κ3) is 8.08. The predicted octanol–water partition coefficient (Wildman–Crippen LogP) is 2.75. The van der Waals surface area contributed by atoms with Crippen molar-refractivity contribution in [3.63, 3.8) is 0 Å². The van der Waals surface area contributed by atoms with Crippen LogP contribution in [-0.4, -0.2) is 71.4 Å². The number of guanidine groups is 1. The van der Waals surface area contributed by atoms with Gasteiger partial charge in [-0.25, -0.2) is 15.0 Å². The molecule has 1 aliphatic rings. The molecule has 1 saturated heterocycles. The van der Waals surface area contributed by atoms with Crippen LogP contribution in [0.15, 0.2) is 58.6 Å². The summed E-state index contributed by atoms with van der Waals surface area (Å²) < 4.78 is 0. The number of aromatic nitrogens is 1. The molecule has 2 aromatic rings. The zero-order chi connectivity index (χ0) is 25.0. The van der Waals surface area contributed by atoms with Gasteiger partial charge in [0, 0.05) is 63.0 Å². The number of rotatable bonds is 8. The average Bonchev–Trinajstić information content (AvgIpc) is 2.88. The van der Waals surface area contributed by atoms with Crippen LogP contribution < -0.4 is 16.4 Å². The maximum absolute atomic E-state index is 12.6. The smallest absolute Gasteiger partial charge is 0.255 e. The largest absolute Gasteiger partial charge is 0.387 e. The fourth-order valence-corrected chi connectivity index (χ4v) is 3.56. The van der Waals surface area contributed by atoms with E-state index in [1.54, 1.807) is 18.3 Å². The summed E-state index contributed by atoms with van der Waals surface area (Å²) in [5.41, 5.74) is 7.25. The van der Waals surface area contributed by atoms with Crippen molar-refractivity contribution in [2.24, 2.45) is 15.7 Å². The molecule has 10 nitrogen and oxygen atoms in total. The Labute approximate surface area is 206 Å². The number of pyridine rings is 1. The summed E-state index contributed by atoms with van der Waals surface area (Å²) in [4.78, 5) is 30.7. The highest BCUT2D eigenvalue weighted by atomic mass is 16.1. The van der Waals surface area contributed by atoms with Crippen LogP contribution in [0.25, 0.3) is 0 Å². The summed E-state index contributed by atoms with van der Waals surface area (Å²) in [6, 6.07) is 14.9. The van der Waals surface area contributed by atoms with Crippen LogP contribution in [0.4, 0.5) is 11.5 Å². The second kappa shape index (κ2) is 13.1. The lowest BCUT2D eigenvalue weighted by Crippen LogP contribution is -2.49. The molecule has 0 radical (unpaired) electrons. The van der Waals surface area contributed by atoms with Gasteiger partial charge in [0.1, 0.15) is 17.8 Å². The lowest BCUT2D eigenvalue weighted by molar-refractivity contribution is 0.102. The second-order valence-corrected chi connectivity index (χ2v) is 8.19. The molecular weight excluding hydrogens is 442 g/mol. The Balaban J connectivity index is 1.68. The fraction of sp³-hybridized carbons (Fsp3) is 0.400. The monoisotopic (exact) mass is 475 g/mol. The highest BCUT2D eigenvalue weighted by Gasteiger charge is 2.20. The quantitative estimate of drug-likeness (QED) is 0.395. The zero-order valence-corrected chi connectivity index (χ0v) is 20.3. The second-order valence-electron chi connectivity index (χ2n) is 8.19. The number of nitriles is 1. The predicted molar refractivity (Wildman–Crippen MR) is 139 cm³/mol. The molecule has 1 aliphatic heterocycles. The summed E-state index contributed by atoms with van der Waals surface area (Å²) in [5.74, 6) is 1.41. The zero-order valence-electron chi connectivity index (χ0n) is 20.3. The number of carbonyl (C=O) groups is 1. The molecular formula is C25H33N9O. The van der Waals surface area contributed by atoms with E-state index in [-0.39, 0.29) is 12.1 Å². The van der Waals surface area contributed by atoms with Gasteiger partial charge in [-0.3, -0.25) is 9.69 Å². The Kier molecular flexibility index (Phi) is 9.57. The van der Waals surface area contributed by atoms with E-state index in [4.69, 9.17) is 16.0 Å². The molecule has 0 spiro atoms. The minimum absolute atomic E-state index is 0.215. The van der Waals surface area contributed by atoms with E-state index in [2.05, 4.69) is 36.5 Å². The van der Waals surface area contributed by atoms with Crippen LogP contribution in [0.1, 0.15) is 37.0 Å². The van der Waals surface area contributed by atoms with Gasteiger partial charge in [0.2, 0.25) is 5.96 Å². The van der Waals surface area contributed by atoms with Crippen LogP contribution >= 0.6 is 0 Å². The Morgan fingerprint density at radius 2 is 1.97 bits per heavy atom. The van der Waals surface area contributed by atoms with Gasteiger partial charge in [-0.05, 0) is 31.2 Å². The highest BCUT2D eigenvalue weighted by Crippen LogP contribution is 2.13. The molecule has 1 unspecified atom stereocenters. The molecule has 1 aromatic heterocycles. The van der Waals surface area contributed by atoms with Gasteiger partial charge in [-0.15, -0.1) is 0 Å². The van der Waals surface area contributed by atoms with Gasteiger partial charge in [0.25, 0.3) is 5.91 Å². The highest BCUT2D eigenvalue weighted by molar-refractivity contribution is 6.04. The molecule has 0 saturated carbocycles. The van der Waals surface area contributed by atoms with Crippen molar-refractivity contribution in [3.05, 3.63) is 54.2 Å². The molecule has 0 aliphatic carbocycles. The number of aliphatic imine (C=N–C) groups is 2. The summed E-state index contributed by atoms with van der Waals surface area (Å²) in [6.07, 6.45) is 2.39. The van der Waals surface area contributed by atoms with E-state index >= 15 is 0 Å². The molecule has 3 rings (SSSR count).